The molecule has 24 heavy (non-hydrogen) atoms. The fourth-order valence-corrected chi connectivity index (χ4v) is 2.42. The Morgan fingerprint density at radius 1 is 1.17 bits per heavy atom. The number of hydrogen-bond acceptors (Lipinski definition) is 4. The first-order valence-electron chi connectivity index (χ1n) is 7.06. The molecular weight excluding hydrogens is 323 g/mol. The first-order chi connectivity index (χ1) is 11.5. The van der Waals surface area contributed by atoms with E-state index in [4.69, 9.17) is 4.74 Å². The molecule has 124 valence electrons. The molecule has 3 rings (SSSR count). The molecule has 0 fully saturated rings. The highest BCUT2D eigenvalue weighted by Crippen LogP contribution is 2.32. The van der Waals surface area contributed by atoms with E-state index in [1.807, 2.05) is 0 Å². The van der Waals surface area contributed by atoms with E-state index in [1.165, 1.54) is 6.26 Å². The molecule has 4 nitrogen and oxygen atoms in total. The minimum absolute atomic E-state index is 0.247. The van der Waals surface area contributed by atoms with Crippen molar-refractivity contribution in [2.45, 2.75) is 6.42 Å². The summed E-state index contributed by atoms with van der Waals surface area (Å²) in [6.45, 7) is 0.442. The number of rotatable bonds is 3. The second-order valence-corrected chi connectivity index (χ2v) is 5.10. The molecule has 0 saturated heterocycles. The van der Waals surface area contributed by atoms with E-state index in [-0.39, 0.29) is 5.69 Å². The van der Waals surface area contributed by atoms with Gasteiger partial charge in [0.15, 0.2) is 0 Å². The van der Waals surface area contributed by atoms with E-state index in [0.29, 0.717) is 24.2 Å². The fraction of sp³-hybridized carbons (Fsp3) is 0.176. The van der Waals surface area contributed by atoms with Crippen LogP contribution in [-0.4, -0.2) is 24.7 Å². The minimum atomic E-state index is -0.980. The summed E-state index contributed by atoms with van der Waals surface area (Å²) < 4.78 is 52.4. The summed E-state index contributed by atoms with van der Waals surface area (Å²) in [6, 6.07) is 4.17. The van der Waals surface area contributed by atoms with Gasteiger partial charge in [-0.3, -0.25) is 0 Å². The number of halogens is 3. The van der Waals surface area contributed by atoms with Crippen LogP contribution in [-0.2, 0) is 9.47 Å². The molecule has 1 aromatic carbocycles. The smallest absolute Gasteiger partial charge is 0.356 e. The van der Waals surface area contributed by atoms with Crippen LogP contribution >= 0.6 is 0 Å². The average Bonchev–Trinajstić information content (AvgIpc) is 3.09. The third-order valence-electron chi connectivity index (χ3n) is 3.61. The van der Waals surface area contributed by atoms with E-state index in [1.54, 1.807) is 0 Å². The number of ether oxygens (including phenoxy) is 2. The zero-order valence-electron chi connectivity index (χ0n) is 12.6. The van der Waals surface area contributed by atoms with Crippen molar-refractivity contribution in [2.24, 2.45) is 0 Å². The molecule has 1 aliphatic heterocycles. The Bertz CT molecular complexity index is 826. The van der Waals surface area contributed by atoms with Crippen LogP contribution in [0.15, 0.2) is 30.5 Å². The lowest BCUT2D eigenvalue weighted by molar-refractivity contribution is 0.0594. The Kier molecular flexibility index (Phi) is 4.24. The van der Waals surface area contributed by atoms with Crippen molar-refractivity contribution >= 4 is 11.5 Å². The molecule has 0 aliphatic carbocycles. The van der Waals surface area contributed by atoms with Gasteiger partial charge in [-0.15, -0.1) is 0 Å². The quantitative estimate of drug-likeness (QED) is 0.802. The van der Waals surface area contributed by atoms with Gasteiger partial charge in [0, 0.05) is 6.42 Å². The van der Waals surface area contributed by atoms with Crippen LogP contribution < -0.4 is 0 Å². The number of nitrogens with zero attached hydrogens (tertiary/aromatic N) is 1. The number of methoxy groups -OCH3 is 1. The number of pyridine rings is 1. The van der Waals surface area contributed by atoms with Gasteiger partial charge in [0.05, 0.1) is 25.5 Å². The molecule has 2 aromatic rings. The predicted octanol–water partition coefficient (Wildman–Crippen LogP) is 3.71. The zero-order chi connectivity index (χ0) is 17.3. The number of carbonyl (C=O) groups is 1. The Labute approximate surface area is 135 Å². The summed E-state index contributed by atoms with van der Waals surface area (Å²) in [6.07, 6.45) is 1.97. The summed E-state index contributed by atoms with van der Waals surface area (Å²) in [5, 5.41) is 0. The molecule has 0 radical (unpaired) electrons. The molecule has 2 heterocycles. The van der Waals surface area contributed by atoms with Crippen molar-refractivity contribution in [2.75, 3.05) is 13.7 Å². The highest BCUT2D eigenvalue weighted by molar-refractivity contribution is 5.88. The van der Waals surface area contributed by atoms with Crippen LogP contribution in [0.3, 0.4) is 0 Å². The van der Waals surface area contributed by atoms with Crippen molar-refractivity contribution in [3.63, 3.8) is 0 Å². The Hall–Kier alpha value is -2.83. The monoisotopic (exact) mass is 335 g/mol. The number of hydrogen-bond donors (Lipinski definition) is 0. The number of carbonyl (C=O) groups excluding carboxylic acids is 1. The van der Waals surface area contributed by atoms with Gasteiger partial charge in [0.1, 0.15) is 28.8 Å². The van der Waals surface area contributed by atoms with Crippen LogP contribution in [0.1, 0.15) is 22.5 Å². The zero-order valence-corrected chi connectivity index (χ0v) is 12.6. The van der Waals surface area contributed by atoms with Gasteiger partial charge >= 0.3 is 5.97 Å². The molecule has 0 bridgehead atoms. The van der Waals surface area contributed by atoms with E-state index >= 15 is 0 Å². The number of esters is 1. The molecule has 0 unspecified atom stereocenters. The molecule has 1 aromatic heterocycles. The van der Waals surface area contributed by atoms with Crippen LogP contribution in [0.4, 0.5) is 13.2 Å². The molecule has 1 aliphatic rings. The minimum Gasteiger partial charge on any atom is -0.501 e. The Balaban J connectivity index is 2.11. The number of aromatic nitrogens is 1. The topological polar surface area (TPSA) is 48.4 Å². The van der Waals surface area contributed by atoms with Gasteiger partial charge in [-0.05, 0) is 35.4 Å². The fourth-order valence-electron chi connectivity index (χ4n) is 2.42. The summed E-state index contributed by atoms with van der Waals surface area (Å²) in [7, 11) is 1.13. The van der Waals surface area contributed by atoms with E-state index in [9.17, 15) is 18.0 Å². The normalized spacial score (nSPS) is 13.4. The Morgan fingerprint density at radius 3 is 2.46 bits per heavy atom. The van der Waals surface area contributed by atoms with Crippen LogP contribution in [0, 0.1) is 17.5 Å². The van der Waals surface area contributed by atoms with Crippen molar-refractivity contribution in [3.05, 3.63) is 59.2 Å². The maximum absolute atomic E-state index is 14.4. The first kappa shape index (κ1) is 16.0. The lowest BCUT2D eigenvalue weighted by atomic mass is 10.0. The molecule has 7 heteroatoms. The van der Waals surface area contributed by atoms with E-state index < -0.39 is 34.7 Å². The van der Waals surface area contributed by atoms with Crippen molar-refractivity contribution in [1.82, 2.24) is 4.98 Å². The van der Waals surface area contributed by atoms with E-state index in [0.717, 1.165) is 31.4 Å². The highest BCUT2D eigenvalue weighted by atomic mass is 19.1. The second-order valence-electron chi connectivity index (χ2n) is 5.10. The third-order valence-corrected chi connectivity index (χ3v) is 3.61. The summed E-state index contributed by atoms with van der Waals surface area (Å²) >= 11 is 0. The maximum atomic E-state index is 14.4. The number of benzene rings is 1. The molecule has 0 saturated carbocycles. The molecule has 0 amide bonds. The molecule has 0 N–H and O–H groups in total. The molecule has 0 atom stereocenters. The third kappa shape index (κ3) is 2.84. The molecular formula is C17H12F3NO3. The van der Waals surface area contributed by atoms with Crippen molar-refractivity contribution in [3.8, 4) is 11.3 Å². The van der Waals surface area contributed by atoms with Crippen LogP contribution in [0.25, 0.3) is 16.8 Å². The van der Waals surface area contributed by atoms with Gasteiger partial charge in [-0.25, -0.2) is 22.9 Å². The lowest BCUT2D eigenvalue weighted by Crippen LogP contribution is -2.07. The highest BCUT2D eigenvalue weighted by Gasteiger charge is 2.22. The van der Waals surface area contributed by atoms with Gasteiger partial charge < -0.3 is 9.47 Å². The summed E-state index contributed by atoms with van der Waals surface area (Å²) in [5.74, 6) is -3.74. The van der Waals surface area contributed by atoms with Gasteiger partial charge in [-0.2, -0.15) is 0 Å². The Morgan fingerprint density at radius 2 is 1.88 bits per heavy atom. The largest absolute Gasteiger partial charge is 0.501 e. The SMILES string of the molecule is COC(=O)c1ccc(F)c(-c2c(F)cc(C3=COCC3)cc2F)n1. The van der Waals surface area contributed by atoms with Gasteiger partial charge in [0.2, 0.25) is 0 Å². The van der Waals surface area contributed by atoms with Gasteiger partial charge in [-0.1, -0.05) is 0 Å². The van der Waals surface area contributed by atoms with Crippen molar-refractivity contribution < 1.29 is 27.4 Å². The standard InChI is InChI=1S/C17H12F3NO3/c1-23-17(22)14-3-2-11(18)16(21-14)15-12(19)6-10(7-13(15)20)9-4-5-24-8-9/h2-3,6-8H,4-5H2,1H3. The molecule has 0 spiro atoms. The van der Waals surface area contributed by atoms with Gasteiger partial charge in [0.25, 0.3) is 0 Å². The summed E-state index contributed by atoms with van der Waals surface area (Å²) in [4.78, 5) is 15.2. The van der Waals surface area contributed by atoms with Crippen LogP contribution in [0.5, 0.6) is 0 Å². The predicted molar refractivity (Wildman–Crippen MR) is 79.4 cm³/mol. The summed E-state index contributed by atoms with van der Waals surface area (Å²) in [5.41, 5.74) is -0.506. The second kappa shape index (κ2) is 6.35. The average molecular weight is 335 g/mol. The van der Waals surface area contributed by atoms with Crippen LogP contribution in [0.2, 0.25) is 0 Å². The lowest BCUT2D eigenvalue weighted by Gasteiger charge is -2.10. The maximum Gasteiger partial charge on any atom is 0.356 e. The first-order valence-corrected chi connectivity index (χ1v) is 7.06. The van der Waals surface area contributed by atoms with E-state index in [2.05, 4.69) is 9.72 Å². The van der Waals surface area contributed by atoms with Crippen molar-refractivity contribution in [1.29, 1.82) is 0 Å².